The molecule has 0 bridgehead atoms. The lowest BCUT2D eigenvalue weighted by molar-refractivity contribution is 0.287. The molecular formula is C11H16N2O. The van der Waals surface area contributed by atoms with Gasteiger partial charge < -0.3 is 4.74 Å². The highest BCUT2D eigenvalue weighted by Crippen LogP contribution is 2.29. The van der Waals surface area contributed by atoms with Crippen LogP contribution < -0.4 is 4.74 Å². The van der Waals surface area contributed by atoms with E-state index >= 15 is 0 Å². The van der Waals surface area contributed by atoms with Crippen LogP contribution in [-0.2, 0) is 0 Å². The summed E-state index contributed by atoms with van der Waals surface area (Å²) in [6, 6.07) is 0. The van der Waals surface area contributed by atoms with Crippen molar-refractivity contribution in [3.8, 4) is 5.88 Å². The van der Waals surface area contributed by atoms with Crippen molar-refractivity contribution in [2.24, 2.45) is 5.92 Å². The van der Waals surface area contributed by atoms with Crippen LogP contribution in [0.4, 0.5) is 0 Å². The molecule has 1 heterocycles. The summed E-state index contributed by atoms with van der Waals surface area (Å²) in [5, 5.41) is 0. The fourth-order valence-corrected chi connectivity index (χ4v) is 1.19. The Morgan fingerprint density at radius 1 is 1.36 bits per heavy atom. The molecule has 1 aliphatic carbocycles. The fourth-order valence-electron chi connectivity index (χ4n) is 1.19. The van der Waals surface area contributed by atoms with Crippen LogP contribution >= 0.6 is 0 Å². The molecule has 0 N–H and O–H groups in total. The maximum absolute atomic E-state index is 5.49. The molecule has 0 saturated heterocycles. The largest absolute Gasteiger partial charge is 0.476 e. The lowest BCUT2D eigenvalue weighted by Crippen LogP contribution is -2.02. The van der Waals surface area contributed by atoms with Gasteiger partial charge in [-0.1, -0.05) is 13.8 Å². The molecule has 3 nitrogen and oxygen atoms in total. The molecule has 0 atom stereocenters. The molecule has 3 heteroatoms. The van der Waals surface area contributed by atoms with Crippen molar-refractivity contribution in [3.63, 3.8) is 0 Å². The summed E-state index contributed by atoms with van der Waals surface area (Å²) in [4.78, 5) is 8.50. The lowest BCUT2D eigenvalue weighted by atomic mass is 10.1. The first kappa shape index (κ1) is 9.44. The third kappa shape index (κ3) is 2.44. The Labute approximate surface area is 84.5 Å². The van der Waals surface area contributed by atoms with E-state index in [1.54, 1.807) is 12.4 Å². The van der Waals surface area contributed by atoms with Gasteiger partial charge in [0, 0.05) is 0 Å². The Hall–Kier alpha value is -1.12. The summed E-state index contributed by atoms with van der Waals surface area (Å²) >= 11 is 0. The van der Waals surface area contributed by atoms with E-state index in [-0.39, 0.29) is 0 Å². The highest BCUT2D eigenvalue weighted by Gasteiger charge is 2.22. The molecular weight excluding hydrogens is 176 g/mol. The second-order valence-electron chi connectivity index (χ2n) is 4.19. The van der Waals surface area contributed by atoms with E-state index in [1.807, 2.05) is 0 Å². The molecule has 1 saturated carbocycles. The van der Waals surface area contributed by atoms with E-state index in [1.165, 1.54) is 12.8 Å². The summed E-state index contributed by atoms with van der Waals surface area (Å²) in [6.07, 6.45) is 6.12. The first-order valence-corrected chi connectivity index (χ1v) is 5.20. The minimum atomic E-state index is 0.431. The van der Waals surface area contributed by atoms with Gasteiger partial charge in [-0.05, 0) is 24.7 Å². The highest BCUT2D eigenvalue weighted by atomic mass is 16.5. The molecule has 14 heavy (non-hydrogen) atoms. The second-order valence-corrected chi connectivity index (χ2v) is 4.19. The topological polar surface area (TPSA) is 35.0 Å². The molecule has 1 aromatic heterocycles. The number of hydrogen-bond donors (Lipinski definition) is 0. The Bertz CT molecular complexity index is 291. The van der Waals surface area contributed by atoms with E-state index in [0.717, 1.165) is 18.2 Å². The van der Waals surface area contributed by atoms with Gasteiger partial charge in [0.15, 0.2) is 0 Å². The van der Waals surface area contributed by atoms with Crippen LogP contribution in [0.5, 0.6) is 5.88 Å². The number of hydrogen-bond acceptors (Lipinski definition) is 3. The zero-order valence-electron chi connectivity index (χ0n) is 8.73. The van der Waals surface area contributed by atoms with Crippen molar-refractivity contribution in [2.45, 2.75) is 32.6 Å². The lowest BCUT2D eigenvalue weighted by Gasteiger charge is -2.06. The average Bonchev–Trinajstić information content (AvgIpc) is 2.99. The van der Waals surface area contributed by atoms with Crippen molar-refractivity contribution >= 4 is 0 Å². The molecule has 1 aromatic rings. The summed E-state index contributed by atoms with van der Waals surface area (Å²) < 4.78 is 5.49. The normalized spacial score (nSPS) is 15.9. The molecule has 0 aliphatic heterocycles. The van der Waals surface area contributed by atoms with Crippen LogP contribution in [0, 0.1) is 5.92 Å². The van der Waals surface area contributed by atoms with Crippen molar-refractivity contribution in [2.75, 3.05) is 6.61 Å². The molecule has 2 rings (SSSR count). The maximum Gasteiger partial charge on any atom is 0.232 e. The molecule has 0 amide bonds. The standard InChI is InChI=1S/C11H16N2O/c1-8(2)10-5-13-11(6-12-10)14-7-9-3-4-9/h5-6,8-9H,3-4,7H2,1-2H3. The van der Waals surface area contributed by atoms with Gasteiger partial charge in [-0.3, -0.25) is 4.98 Å². The van der Waals surface area contributed by atoms with Crippen LogP contribution in [0.25, 0.3) is 0 Å². The van der Waals surface area contributed by atoms with Gasteiger partial charge in [0.1, 0.15) is 0 Å². The summed E-state index contributed by atoms with van der Waals surface area (Å²) in [5.74, 6) is 1.85. The SMILES string of the molecule is CC(C)c1cnc(OCC2CC2)cn1. The van der Waals surface area contributed by atoms with Crippen molar-refractivity contribution < 1.29 is 4.74 Å². The van der Waals surface area contributed by atoms with E-state index < -0.39 is 0 Å². The molecule has 0 spiro atoms. The van der Waals surface area contributed by atoms with Crippen molar-refractivity contribution in [1.29, 1.82) is 0 Å². The van der Waals surface area contributed by atoms with Gasteiger partial charge in [0.2, 0.25) is 5.88 Å². The van der Waals surface area contributed by atoms with E-state index in [9.17, 15) is 0 Å². The van der Waals surface area contributed by atoms with E-state index in [0.29, 0.717) is 11.8 Å². The minimum absolute atomic E-state index is 0.431. The minimum Gasteiger partial charge on any atom is -0.476 e. The zero-order valence-corrected chi connectivity index (χ0v) is 8.73. The highest BCUT2D eigenvalue weighted by molar-refractivity contribution is 5.09. The maximum atomic E-state index is 5.49. The molecule has 1 aliphatic rings. The monoisotopic (exact) mass is 192 g/mol. The summed E-state index contributed by atoms with van der Waals surface area (Å²) in [6.45, 7) is 5.01. The molecule has 76 valence electrons. The smallest absolute Gasteiger partial charge is 0.232 e. The quantitative estimate of drug-likeness (QED) is 0.734. The zero-order chi connectivity index (χ0) is 9.97. The van der Waals surface area contributed by atoms with Gasteiger partial charge >= 0.3 is 0 Å². The van der Waals surface area contributed by atoms with E-state index in [2.05, 4.69) is 23.8 Å². The van der Waals surface area contributed by atoms with Crippen molar-refractivity contribution in [1.82, 2.24) is 9.97 Å². The first-order valence-electron chi connectivity index (χ1n) is 5.20. The Kier molecular flexibility index (Phi) is 2.66. The Morgan fingerprint density at radius 3 is 2.64 bits per heavy atom. The first-order chi connectivity index (χ1) is 6.75. The van der Waals surface area contributed by atoms with Gasteiger partial charge in [0.05, 0.1) is 24.7 Å². The number of aromatic nitrogens is 2. The second kappa shape index (κ2) is 3.95. The summed E-state index contributed by atoms with van der Waals surface area (Å²) in [5.41, 5.74) is 1.02. The number of nitrogens with zero attached hydrogens (tertiary/aromatic N) is 2. The summed E-state index contributed by atoms with van der Waals surface area (Å²) in [7, 11) is 0. The number of ether oxygens (including phenoxy) is 1. The predicted molar refractivity (Wildman–Crippen MR) is 54.3 cm³/mol. The molecule has 1 fully saturated rings. The van der Waals surface area contributed by atoms with Gasteiger partial charge in [-0.2, -0.15) is 0 Å². The third-order valence-corrected chi connectivity index (χ3v) is 2.40. The van der Waals surface area contributed by atoms with Crippen LogP contribution in [0.2, 0.25) is 0 Å². The Morgan fingerprint density at radius 2 is 2.14 bits per heavy atom. The predicted octanol–water partition coefficient (Wildman–Crippen LogP) is 2.39. The number of rotatable bonds is 4. The fraction of sp³-hybridized carbons (Fsp3) is 0.636. The molecule has 0 aromatic carbocycles. The molecule has 0 unspecified atom stereocenters. The van der Waals surface area contributed by atoms with Crippen LogP contribution in [0.1, 0.15) is 38.3 Å². The van der Waals surface area contributed by atoms with Gasteiger partial charge in [-0.25, -0.2) is 4.98 Å². The third-order valence-electron chi connectivity index (χ3n) is 2.40. The van der Waals surface area contributed by atoms with Crippen LogP contribution in [0.3, 0.4) is 0 Å². The average molecular weight is 192 g/mol. The van der Waals surface area contributed by atoms with Crippen molar-refractivity contribution in [3.05, 3.63) is 18.1 Å². The van der Waals surface area contributed by atoms with Gasteiger partial charge in [0.25, 0.3) is 0 Å². The Balaban J connectivity index is 1.91. The van der Waals surface area contributed by atoms with Gasteiger partial charge in [-0.15, -0.1) is 0 Å². The van der Waals surface area contributed by atoms with Crippen LogP contribution in [-0.4, -0.2) is 16.6 Å². The van der Waals surface area contributed by atoms with E-state index in [4.69, 9.17) is 4.74 Å². The molecule has 0 radical (unpaired) electrons. The van der Waals surface area contributed by atoms with Crippen LogP contribution in [0.15, 0.2) is 12.4 Å².